The highest BCUT2D eigenvalue weighted by Crippen LogP contribution is 2.41. The first kappa shape index (κ1) is 27.5. The molecule has 7 nitrogen and oxygen atoms in total. The van der Waals surface area contributed by atoms with Crippen LogP contribution in [-0.4, -0.2) is 29.1 Å². The first-order chi connectivity index (χ1) is 24.1. The molecule has 0 radical (unpaired) electrons. The lowest BCUT2D eigenvalue weighted by molar-refractivity contribution is 0.574. The molecule has 232 valence electrons. The van der Waals surface area contributed by atoms with Crippen molar-refractivity contribution in [2.24, 2.45) is 0 Å². The zero-order chi connectivity index (χ0) is 32.6. The van der Waals surface area contributed by atoms with Crippen LogP contribution in [0.3, 0.4) is 0 Å². The zero-order valence-electron chi connectivity index (χ0n) is 26.8. The molecule has 10 aromatic rings. The largest absolute Gasteiger partial charge is 0.423 e. The zero-order valence-corrected chi connectivity index (χ0v) is 26.8. The normalized spacial score (nSPS) is 11.9. The third-order valence-corrected chi connectivity index (χ3v) is 9.39. The number of hydrogen-bond acceptors (Lipinski definition) is 5. The van der Waals surface area contributed by atoms with E-state index in [9.17, 15) is 0 Å². The van der Waals surface area contributed by atoms with E-state index in [4.69, 9.17) is 24.4 Å². The van der Waals surface area contributed by atoms with E-state index in [1.54, 1.807) is 0 Å². The van der Waals surface area contributed by atoms with Gasteiger partial charge in [-0.3, -0.25) is 9.13 Å². The second-order valence-electron chi connectivity index (χ2n) is 12.5. The Bertz CT molecular complexity index is 2800. The Kier molecular flexibility index (Phi) is 5.87. The van der Waals surface area contributed by atoms with Crippen molar-refractivity contribution in [3.63, 3.8) is 0 Å². The molecule has 7 heteroatoms. The van der Waals surface area contributed by atoms with Gasteiger partial charge in [0.05, 0.1) is 22.1 Å². The molecule has 0 atom stereocenters. The van der Waals surface area contributed by atoms with E-state index in [2.05, 4.69) is 132 Å². The molecule has 49 heavy (non-hydrogen) atoms. The number of fused-ring (bicyclic) bond motifs is 8. The summed E-state index contributed by atoms with van der Waals surface area (Å²) in [6, 6.07) is 46.3. The smallest absolute Gasteiger partial charge is 0.307 e. The molecule has 0 bridgehead atoms. The topological polar surface area (TPSA) is 74.6 Å². The number of nitrogens with zero attached hydrogens (tertiary/aromatic N) is 6. The summed E-state index contributed by atoms with van der Waals surface area (Å²) in [5.74, 6) is 1.76. The minimum atomic E-state index is 0.507. The maximum atomic E-state index is 6.47. The summed E-state index contributed by atoms with van der Waals surface area (Å²) in [4.78, 5) is 20.4. The maximum absolute atomic E-state index is 6.47. The van der Waals surface area contributed by atoms with Gasteiger partial charge in [-0.1, -0.05) is 120 Å². The molecule has 0 saturated heterocycles. The van der Waals surface area contributed by atoms with Crippen LogP contribution >= 0.6 is 0 Å². The summed E-state index contributed by atoms with van der Waals surface area (Å²) in [6.07, 6.45) is 0. The van der Waals surface area contributed by atoms with Crippen LogP contribution in [-0.2, 0) is 0 Å². The molecule has 0 saturated carbocycles. The van der Waals surface area contributed by atoms with Crippen molar-refractivity contribution >= 4 is 54.7 Å². The van der Waals surface area contributed by atoms with Crippen molar-refractivity contribution in [3.05, 3.63) is 145 Å². The molecular weight excluding hydrogens is 605 g/mol. The molecule has 0 aliphatic rings. The Morgan fingerprint density at radius 1 is 0.449 bits per heavy atom. The molecule has 0 aliphatic carbocycles. The van der Waals surface area contributed by atoms with Gasteiger partial charge in [-0.25, -0.2) is 4.98 Å². The number of oxazole rings is 1. The number of para-hydroxylation sites is 4. The monoisotopic (exact) mass is 632 g/mol. The first-order valence-electron chi connectivity index (χ1n) is 16.3. The maximum Gasteiger partial charge on any atom is 0.307 e. The SMILES string of the molecule is Cc1ccc(-c2nc(-c3ccc(C)cc3)nc(-n3c4ccccc4c4ccc5c6ccccc6n(-c6nc7ccccc7o6)c5c43)n2)cc1. The standard InChI is InChI=1S/C42H28N6O/c1-25-15-19-27(20-16-25)39-44-40(28-21-17-26(2)18-22-28)46-41(45-39)47-34-12-6-3-9-29(34)31-23-24-32-30-10-4-7-13-35(30)48(38(32)37(31)47)42-43-33-11-5-8-14-36(33)49-42/h3-24H,1-2H3. The lowest BCUT2D eigenvalue weighted by Gasteiger charge is -2.12. The molecule has 0 unspecified atom stereocenters. The number of aromatic nitrogens is 6. The molecular formula is C42H28N6O. The molecule has 0 spiro atoms. The molecule has 0 amide bonds. The van der Waals surface area contributed by atoms with Crippen molar-refractivity contribution in [2.75, 3.05) is 0 Å². The van der Waals surface area contributed by atoms with Crippen LogP contribution in [0.5, 0.6) is 0 Å². The Morgan fingerprint density at radius 3 is 1.55 bits per heavy atom. The highest BCUT2D eigenvalue weighted by Gasteiger charge is 2.24. The average Bonchev–Trinajstić information content (AvgIpc) is 3.82. The molecule has 4 heterocycles. The van der Waals surface area contributed by atoms with Crippen LogP contribution in [0.15, 0.2) is 138 Å². The summed E-state index contributed by atoms with van der Waals surface area (Å²) >= 11 is 0. The molecule has 0 N–H and O–H groups in total. The van der Waals surface area contributed by atoms with Gasteiger partial charge in [0.1, 0.15) is 5.52 Å². The molecule has 10 rings (SSSR count). The van der Waals surface area contributed by atoms with E-state index in [1.165, 1.54) is 11.1 Å². The lowest BCUT2D eigenvalue weighted by Crippen LogP contribution is -2.07. The Hall–Kier alpha value is -6.60. The molecule has 6 aromatic carbocycles. The quantitative estimate of drug-likeness (QED) is 0.193. The first-order valence-corrected chi connectivity index (χ1v) is 16.3. The second-order valence-corrected chi connectivity index (χ2v) is 12.5. The van der Waals surface area contributed by atoms with Gasteiger partial charge in [0.15, 0.2) is 17.2 Å². The van der Waals surface area contributed by atoms with Gasteiger partial charge in [0.25, 0.3) is 0 Å². The predicted octanol–water partition coefficient (Wildman–Crippen LogP) is 10.2. The number of aryl methyl sites for hydroxylation is 2. The van der Waals surface area contributed by atoms with E-state index < -0.39 is 0 Å². The van der Waals surface area contributed by atoms with Crippen molar-refractivity contribution in [1.29, 1.82) is 0 Å². The van der Waals surface area contributed by atoms with Crippen LogP contribution in [0, 0.1) is 13.8 Å². The van der Waals surface area contributed by atoms with Gasteiger partial charge in [0.2, 0.25) is 5.95 Å². The fourth-order valence-corrected chi connectivity index (χ4v) is 6.99. The highest BCUT2D eigenvalue weighted by molar-refractivity contribution is 6.23. The van der Waals surface area contributed by atoms with Crippen molar-refractivity contribution < 1.29 is 4.42 Å². The molecule has 0 aliphatic heterocycles. The minimum absolute atomic E-state index is 0.507. The Labute approximate surface area is 280 Å². The van der Waals surface area contributed by atoms with Crippen molar-refractivity contribution in [2.45, 2.75) is 13.8 Å². The van der Waals surface area contributed by atoms with E-state index in [-0.39, 0.29) is 0 Å². The van der Waals surface area contributed by atoms with E-state index in [0.29, 0.717) is 23.6 Å². The predicted molar refractivity (Wildman–Crippen MR) is 196 cm³/mol. The number of hydrogen-bond donors (Lipinski definition) is 0. The van der Waals surface area contributed by atoms with E-state index in [1.807, 2.05) is 24.3 Å². The summed E-state index contributed by atoms with van der Waals surface area (Å²) in [5.41, 5.74) is 9.67. The third-order valence-electron chi connectivity index (χ3n) is 9.39. The van der Waals surface area contributed by atoms with Crippen LogP contribution < -0.4 is 0 Å². The van der Waals surface area contributed by atoms with Crippen LogP contribution in [0.2, 0.25) is 0 Å². The van der Waals surface area contributed by atoms with E-state index in [0.717, 1.165) is 65.8 Å². The van der Waals surface area contributed by atoms with Gasteiger partial charge < -0.3 is 4.42 Å². The van der Waals surface area contributed by atoms with Crippen molar-refractivity contribution in [3.8, 4) is 34.7 Å². The third kappa shape index (κ3) is 4.22. The van der Waals surface area contributed by atoms with Gasteiger partial charge in [-0.15, -0.1) is 0 Å². The molecule has 0 fully saturated rings. The van der Waals surface area contributed by atoms with Gasteiger partial charge in [-0.2, -0.15) is 15.0 Å². The number of benzene rings is 6. The highest BCUT2D eigenvalue weighted by atomic mass is 16.4. The van der Waals surface area contributed by atoms with Crippen LogP contribution in [0.1, 0.15) is 11.1 Å². The van der Waals surface area contributed by atoms with Crippen molar-refractivity contribution in [1.82, 2.24) is 29.1 Å². The summed E-state index contributed by atoms with van der Waals surface area (Å²) in [6.45, 7) is 4.17. The fourth-order valence-electron chi connectivity index (χ4n) is 6.99. The lowest BCUT2D eigenvalue weighted by atomic mass is 10.1. The summed E-state index contributed by atoms with van der Waals surface area (Å²) in [5, 5.41) is 4.37. The van der Waals surface area contributed by atoms with E-state index >= 15 is 0 Å². The Balaban J connectivity index is 1.37. The summed E-state index contributed by atoms with van der Waals surface area (Å²) < 4.78 is 10.8. The second kappa shape index (κ2) is 10.5. The average molecular weight is 633 g/mol. The van der Waals surface area contributed by atoms with Crippen LogP contribution in [0.25, 0.3) is 89.5 Å². The van der Waals surface area contributed by atoms with Gasteiger partial charge in [-0.05, 0) is 38.1 Å². The summed E-state index contributed by atoms with van der Waals surface area (Å²) in [7, 11) is 0. The fraction of sp³-hybridized carbons (Fsp3) is 0.0476. The van der Waals surface area contributed by atoms with Gasteiger partial charge in [0, 0.05) is 32.7 Å². The molecule has 4 aromatic heterocycles. The Morgan fingerprint density at radius 2 is 0.959 bits per heavy atom. The van der Waals surface area contributed by atoms with Crippen LogP contribution in [0.4, 0.5) is 0 Å². The minimum Gasteiger partial charge on any atom is -0.423 e. The number of rotatable bonds is 4. The van der Waals surface area contributed by atoms with Gasteiger partial charge >= 0.3 is 6.01 Å².